The van der Waals surface area contributed by atoms with E-state index in [0.717, 1.165) is 24.5 Å². The lowest BCUT2D eigenvalue weighted by molar-refractivity contribution is 0.726. The fourth-order valence-electron chi connectivity index (χ4n) is 2.05. The normalized spacial score (nSPS) is 17.2. The Kier molecular flexibility index (Phi) is 4.24. The molecule has 1 aromatic heterocycles. The Labute approximate surface area is 106 Å². The van der Waals surface area contributed by atoms with Gasteiger partial charge in [-0.3, -0.25) is 0 Å². The predicted molar refractivity (Wildman–Crippen MR) is 67.3 cm³/mol. The topological polar surface area (TPSA) is 29.0 Å². The minimum absolute atomic E-state index is 0.367. The third-order valence-corrected chi connectivity index (χ3v) is 3.50. The van der Waals surface area contributed by atoms with Crippen molar-refractivity contribution >= 4 is 29.0 Å². The second kappa shape index (κ2) is 5.69. The first-order chi connectivity index (χ1) is 7.83. The van der Waals surface area contributed by atoms with Gasteiger partial charge in [-0.1, -0.05) is 24.4 Å². The molecule has 0 atom stereocenters. The van der Waals surface area contributed by atoms with Crippen molar-refractivity contribution in [1.82, 2.24) is 9.97 Å². The Bertz CT molecular complexity index is 349. The average Bonchev–Trinajstić information content (AvgIpc) is 2.57. The van der Waals surface area contributed by atoms with Crippen LogP contribution in [-0.2, 0) is 5.88 Å². The number of hydrogen-bond donors (Lipinski definition) is 0. The van der Waals surface area contributed by atoms with Gasteiger partial charge in [0.1, 0.15) is 17.3 Å². The van der Waals surface area contributed by atoms with Crippen molar-refractivity contribution in [3.8, 4) is 0 Å². The highest BCUT2D eigenvalue weighted by Crippen LogP contribution is 2.26. The fourth-order valence-corrected chi connectivity index (χ4v) is 2.56. The van der Waals surface area contributed by atoms with Crippen LogP contribution in [0.15, 0.2) is 6.33 Å². The summed E-state index contributed by atoms with van der Waals surface area (Å²) in [5.41, 5.74) is 0.854. The van der Waals surface area contributed by atoms with E-state index < -0.39 is 0 Å². The van der Waals surface area contributed by atoms with Crippen LogP contribution in [0, 0.1) is 0 Å². The molecule has 0 spiro atoms. The lowest BCUT2D eigenvalue weighted by Gasteiger charge is -2.23. The molecule has 2 rings (SSSR count). The molecular formula is C11H15Cl2N3. The zero-order chi connectivity index (χ0) is 11.4. The molecule has 0 aromatic carbocycles. The maximum atomic E-state index is 6.03. The maximum Gasteiger partial charge on any atom is 0.138 e. The van der Waals surface area contributed by atoms with Gasteiger partial charge in [-0.25, -0.2) is 9.97 Å². The molecule has 2 heterocycles. The van der Waals surface area contributed by atoms with Gasteiger partial charge in [-0.2, -0.15) is 0 Å². The summed E-state index contributed by atoms with van der Waals surface area (Å²) in [4.78, 5) is 10.6. The van der Waals surface area contributed by atoms with Crippen molar-refractivity contribution in [2.75, 3.05) is 18.0 Å². The molecule has 0 unspecified atom stereocenters. The quantitative estimate of drug-likeness (QED) is 0.603. The highest BCUT2D eigenvalue weighted by Gasteiger charge is 2.16. The van der Waals surface area contributed by atoms with Crippen LogP contribution in [0.5, 0.6) is 0 Å². The van der Waals surface area contributed by atoms with Gasteiger partial charge in [0.25, 0.3) is 0 Å². The van der Waals surface area contributed by atoms with Crippen LogP contribution in [-0.4, -0.2) is 23.1 Å². The van der Waals surface area contributed by atoms with E-state index in [4.69, 9.17) is 23.2 Å². The third-order valence-electron chi connectivity index (χ3n) is 2.91. The monoisotopic (exact) mass is 259 g/mol. The summed E-state index contributed by atoms with van der Waals surface area (Å²) >= 11 is 11.9. The number of alkyl halides is 1. The minimum atomic E-state index is 0.367. The summed E-state index contributed by atoms with van der Waals surface area (Å²) in [6.45, 7) is 2.08. The summed E-state index contributed by atoms with van der Waals surface area (Å²) < 4.78 is 0. The van der Waals surface area contributed by atoms with Gasteiger partial charge in [0.05, 0.1) is 5.88 Å². The molecule has 1 fully saturated rings. The van der Waals surface area contributed by atoms with E-state index in [-0.39, 0.29) is 0 Å². The second-order valence-corrected chi connectivity index (χ2v) is 4.63. The maximum absolute atomic E-state index is 6.03. The van der Waals surface area contributed by atoms with Gasteiger partial charge in [-0.15, -0.1) is 11.6 Å². The smallest absolute Gasteiger partial charge is 0.138 e. The molecular weight excluding hydrogens is 245 g/mol. The number of anilines is 1. The molecule has 0 saturated carbocycles. The van der Waals surface area contributed by atoms with Crippen LogP contribution < -0.4 is 4.90 Å². The summed E-state index contributed by atoms with van der Waals surface area (Å²) in [5.74, 6) is 1.28. The first-order valence-corrected chi connectivity index (χ1v) is 6.54. The standard InChI is InChI=1S/C11H15Cl2N3/c12-7-9-10(13)14-8-15-11(9)16-5-3-1-2-4-6-16/h8H,1-7H2. The van der Waals surface area contributed by atoms with E-state index in [1.807, 2.05) is 0 Å². The molecule has 0 radical (unpaired) electrons. The molecule has 0 amide bonds. The van der Waals surface area contributed by atoms with Gasteiger partial charge in [0, 0.05) is 18.7 Å². The average molecular weight is 260 g/mol. The number of rotatable bonds is 2. The van der Waals surface area contributed by atoms with Crippen LogP contribution >= 0.6 is 23.2 Å². The fraction of sp³-hybridized carbons (Fsp3) is 0.636. The Hall–Kier alpha value is -0.540. The molecule has 1 aromatic rings. The molecule has 1 aliphatic heterocycles. The molecule has 0 N–H and O–H groups in total. The summed E-state index contributed by atoms with van der Waals surface area (Å²) in [7, 11) is 0. The van der Waals surface area contributed by atoms with E-state index in [1.54, 1.807) is 0 Å². The molecule has 0 aliphatic carbocycles. The summed E-state index contributed by atoms with van der Waals surface area (Å²) in [6, 6.07) is 0. The Morgan fingerprint density at radius 1 is 1.12 bits per heavy atom. The molecule has 3 nitrogen and oxygen atoms in total. The van der Waals surface area contributed by atoms with Gasteiger partial charge in [0.15, 0.2) is 0 Å². The highest BCUT2D eigenvalue weighted by atomic mass is 35.5. The first kappa shape index (κ1) is 11.9. The zero-order valence-electron chi connectivity index (χ0n) is 9.12. The van der Waals surface area contributed by atoms with Crippen LogP contribution in [0.1, 0.15) is 31.2 Å². The number of hydrogen-bond acceptors (Lipinski definition) is 3. The summed E-state index contributed by atoms with van der Waals surface area (Å²) in [6.07, 6.45) is 6.53. The van der Waals surface area contributed by atoms with Crippen molar-refractivity contribution < 1.29 is 0 Å². The highest BCUT2D eigenvalue weighted by molar-refractivity contribution is 6.31. The van der Waals surface area contributed by atoms with Gasteiger partial charge in [0.2, 0.25) is 0 Å². The van der Waals surface area contributed by atoms with E-state index in [2.05, 4.69) is 14.9 Å². The molecule has 88 valence electrons. The molecule has 0 bridgehead atoms. The molecule has 5 heteroatoms. The van der Waals surface area contributed by atoms with E-state index >= 15 is 0 Å². The lowest BCUT2D eigenvalue weighted by Crippen LogP contribution is -2.26. The number of nitrogens with zero attached hydrogens (tertiary/aromatic N) is 3. The Morgan fingerprint density at radius 2 is 1.81 bits per heavy atom. The summed E-state index contributed by atoms with van der Waals surface area (Å²) in [5, 5.41) is 0.476. The van der Waals surface area contributed by atoms with Crippen molar-refractivity contribution in [2.24, 2.45) is 0 Å². The second-order valence-electron chi connectivity index (χ2n) is 4.00. The number of aromatic nitrogens is 2. The van der Waals surface area contributed by atoms with Crippen LogP contribution in [0.3, 0.4) is 0 Å². The van der Waals surface area contributed by atoms with E-state index in [0.29, 0.717) is 11.0 Å². The van der Waals surface area contributed by atoms with Crippen molar-refractivity contribution in [3.05, 3.63) is 17.0 Å². The van der Waals surface area contributed by atoms with Crippen LogP contribution in [0.25, 0.3) is 0 Å². The third kappa shape index (κ3) is 2.58. The largest absolute Gasteiger partial charge is 0.356 e. The van der Waals surface area contributed by atoms with E-state index in [1.165, 1.54) is 32.0 Å². The Balaban J connectivity index is 2.27. The molecule has 16 heavy (non-hydrogen) atoms. The van der Waals surface area contributed by atoms with Gasteiger partial charge >= 0.3 is 0 Å². The number of halogens is 2. The molecule has 1 saturated heterocycles. The minimum Gasteiger partial charge on any atom is -0.356 e. The van der Waals surface area contributed by atoms with Gasteiger partial charge in [-0.05, 0) is 12.8 Å². The van der Waals surface area contributed by atoms with Crippen LogP contribution in [0.2, 0.25) is 5.15 Å². The lowest BCUT2D eigenvalue weighted by atomic mass is 10.2. The first-order valence-electron chi connectivity index (χ1n) is 5.63. The van der Waals surface area contributed by atoms with Crippen LogP contribution in [0.4, 0.5) is 5.82 Å². The predicted octanol–water partition coefficient (Wildman–Crippen LogP) is 3.25. The van der Waals surface area contributed by atoms with Gasteiger partial charge < -0.3 is 4.90 Å². The Morgan fingerprint density at radius 3 is 2.44 bits per heavy atom. The molecule has 1 aliphatic rings. The van der Waals surface area contributed by atoms with Crippen molar-refractivity contribution in [3.63, 3.8) is 0 Å². The van der Waals surface area contributed by atoms with E-state index in [9.17, 15) is 0 Å². The SMILES string of the molecule is ClCc1c(Cl)ncnc1N1CCCCCC1. The zero-order valence-corrected chi connectivity index (χ0v) is 10.6. The van der Waals surface area contributed by atoms with Crippen molar-refractivity contribution in [2.45, 2.75) is 31.6 Å². The van der Waals surface area contributed by atoms with Crippen molar-refractivity contribution in [1.29, 1.82) is 0 Å².